The van der Waals surface area contributed by atoms with Crippen LogP contribution in [-0.2, 0) is 22.6 Å². The third-order valence-electron chi connectivity index (χ3n) is 9.10. The summed E-state index contributed by atoms with van der Waals surface area (Å²) in [7, 11) is 3.87. The van der Waals surface area contributed by atoms with Crippen molar-refractivity contribution in [2.45, 2.75) is 45.3 Å². The molecule has 1 amide bonds. The molecule has 6 rings (SSSR count). The van der Waals surface area contributed by atoms with Gasteiger partial charge in [0.1, 0.15) is 11.5 Å². The van der Waals surface area contributed by atoms with E-state index in [1.807, 2.05) is 49.4 Å². The highest BCUT2D eigenvalue weighted by molar-refractivity contribution is 6.07. The second-order valence-electron chi connectivity index (χ2n) is 12.3. The second-order valence-corrected chi connectivity index (χ2v) is 12.3. The summed E-state index contributed by atoms with van der Waals surface area (Å²) >= 11 is 0. The Balaban J connectivity index is 1.24. The lowest BCUT2D eigenvalue weighted by molar-refractivity contribution is -0.112. The maximum Gasteiger partial charge on any atom is 0.251 e. The Morgan fingerprint density at radius 1 is 0.957 bits per heavy atom. The quantitative estimate of drug-likeness (QED) is 0.182. The van der Waals surface area contributed by atoms with Crippen molar-refractivity contribution < 1.29 is 19.0 Å². The molecule has 7 heteroatoms. The number of hydrogen-bond acceptors (Lipinski definition) is 6. The van der Waals surface area contributed by atoms with Crippen molar-refractivity contribution in [2.75, 3.05) is 50.7 Å². The Hall–Kier alpha value is -4.59. The minimum atomic E-state index is -0.0774. The van der Waals surface area contributed by atoms with Gasteiger partial charge in [0.2, 0.25) is 0 Å². The number of nitrogens with zero attached hydrogens (tertiary/aromatic N) is 2. The van der Waals surface area contributed by atoms with Gasteiger partial charge in [0.25, 0.3) is 5.91 Å². The van der Waals surface area contributed by atoms with Crippen molar-refractivity contribution in [3.8, 4) is 22.6 Å². The van der Waals surface area contributed by atoms with Gasteiger partial charge in [-0.25, -0.2) is 0 Å². The zero-order chi connectivity index (χ0) is 32.6. The molecule has 0 unspecified atom stereocenters. The molecular weight excluding hydrogens is 586 g/mol. The average Bonchev–Trinajstić information content (AvgIpc) is 3.29. The molecule has 0 bridgehead atoms. The van der Waals surface area contributed by atoms with Crippen LogP contribution in [0.3, 0.4) is 0 Å². The topological polar surface area (TPSA) is 63.3 Å². The van der Waals surface area contributed by atoms with E-state index in [-0.39, 0.29) is 5.91 Å². The Kier molecular flexibility index (Phi) is 10.6. The molecule has 7 nitrogen and oxygen atoms in total. The molecule has 244 valence electrons. The number of benzene rings is 4. The smallest absolute Gasteiger partial charge is 0.251 e. The summed E-state index contributed by atoms with van der Waals surface area (Å²) in [5.74, 6) is 1.60. The number of rotatable bonds is 11. The van der Waals surface area contributed by atoms with E-state index in [4.69, 9.17) is 14.2 Å². The summed E-state index contributed by atoms with van der Waals surface area (Å²) in [6, 6.07) is 31.6. The molecule has 47 heavy (non-hydrogen) atoms. The van der Waals surface area contributed by atoms with Crippen molar-refractivity contribution >= 4 is 23.4 Å². The first-order valence-corrected chi connectivity index (χ1v) is 16.6. The highest BCUT2D eigenvalue weighted by Crippen LogP contribution is 2.37. The van der Waals surface area contributed by atoms with E-state index in [0.717, 1.165) is 83.3 Å². The predicted octanol–water partition coefficient (Wildman–Crippen LogP) is 7.80. The number of fused-ring (bicyclic) bond motifs is 1. The average molecular weight is 632 g/mol. The van der Waals surface area contributed by atoms with Gasteiger partial charge in [-0.3, -0.25) is 9.69 Å². The lowest BCUT2D eigenvalue weighted by atomic mass is 9.99. The zero-order valence-electron chi connectivity index (χ0n) is 27.7. The number of amides is 1. The van der Waals surface area contributed by atoms with E-state index in [1.165, 1.54) is 5.56 Å². The van der Waals surface area contributed by atoms with Crippen molar-refractivity contribution in [3.05, 3.63) is 113 Å². The molecule has 2 aliphatic rings. The number of carbonyl (C=O) groups excluding carboxylic acids is 1. The summed E-state index contributed by atoms with van der Waals surface area (Å²) in [5.41, 5.74) is 8.10. The number of hydrogen-bond donors (Lipinski definition) is 1. The predicted molar refractivity (Wildman–Crippen MR) is 190 cm³/mol. The highest BCUT2D eigenvalue weighted by atomic mass is 16.5. The van der Waals surface area contributed by atoms with E-state index in [2.05, 4.69) is 76.8 Å². The fourth-order valence-electron chi connectivity index (χ4n) is 6.53. The molecular formula is C40H45N3O4. The van der Waals surface area contributed by atoms with Crippen LogP contribution in [0.2, 0.25) is 0 Å². The van der Waals surface area contributed by atoms with E-state index >= 15 is 0 Å². The molecule has 2 heterocycles. The van der Waals surface area contributed by atoms with Crippen LogP contribution in [0, 0.1) is 0 Å². The minimum absolute atomic E-state index is 0.0774. The van der Waals surface area contributed by atoms with Gasteiger partial charge in [-0.15, -0.1) is 0 Å². The molecule has 1 N–H and O–H groups in total. The van der Waals surface area contributed by atoms with Gasteiger partial charge >= 0.3 is 0 Å². The lowest BCUT2D eigenvalue weighted by Gasteiger charge is -2.31. The Morgan fingerprint density at radius 2 is 1.77 bits per heavy atom. The molecule has 0 radical (unpaired) electrons. The molecule has 0 saturated carbocycles. The van der Waals surface area contributed by atoms with Crippen LogP contribution in [0.4, 0.5) is 11.4 Å². The van der Waals surface area contributed by atoms with Crippen molar-refractivity contribution in [3.63, 3.8) is 0 Å². The standard InChI is InChI=1S/C40H45N3O4/c1-4-47-39-11-6-5-10-37(39)31-14-17-38-33(25-31)26-32(18-21-43(38)28-30-8-7-9-36(24-30)45-3)40(44)41-34-15-12-29(13-16-34)27-42(2)35-19-22-46-23-20-35/h5-17,24-26,35H,4,18-23,27-28H2,1-3H3,(H,41,44). The first kappa shape index (κ1) is 32.4. The van der Waals surface area contributed by atoms with Gasteiger partial charge in [0, 0.05) is 61.4 Å². The van der Waals surface area contributed by atoms with Crippen LogP contribution in [0.5, 0.6) is 11.5 Å². The monoisotopic (exact) mass is 631 g/mol. The molecule has 0 atom stereocenters. The summed E-state index contributed by atoms with van der Waals surface area (Å²) in [4.78, 5) is 18.5. The third-order valence-corrected chi connectivity index (χ3v) is 9.10. The molecule has 1 fully saturated rings. The number of carbonyl (C=O) groups is 1. The van der Waals surface area contributed by atoms with Gasteiger partial charge in [0.15, 0.2) is 0 Å². The van der Waals surface area contributed by atoms with Gasteiger partial charge in [-0.05, 0) is 104 Å². The van der Waals surface area contributed by atoms with Crippen LogP contribution in [0.25, 0.3) is 17.2 Å². The fourth-order valence-corrected chi connectivity index (χ4v) is 6.53. The summed E-state index contributed by atoms with van der Waals surface area (Å²) in [6.07, 6.45) is 4.81. The van der Waals surface area contributed by atoms with E-state index in [1.54, 1.807) is 7.11 Å². The number of nitrogens with one attached hydrogen (secondary N) is 1. The Morgan fingerprint density at radius 3 is 2.55 bits per heavy atom. The normalized spacial score (nSPS) is 15.1. The van der Waals surface area contributed by atoms with Crippen molar-refractivity contribution in [1.82, 2.24) is 4.90 Å². The molecule has 0 aromatic heterocycles. The van der Waals surface area contributed by atoms with Gasteiger partial charge in [0.05, 0.1) is 13.7 Å². The number of ether oxygens (including phenoxy) is 3. The number of anilines is 2. The van der Waals surface area contributed by atoms with E-state index in [9.17, 15) is 4.79 Å². The van der Waals surface area contributed by atoms with Gasteiger partial charge in [-0.1, -0.05) is 48.5 Å². The van der Waals surface area contributed by atoms with Crippen molar-refractivity contribution in [2.24, 2.45) is 0 Å². The summed E-state index contributed by atoms with van der Waals surface area (Å²) in [6.45, 7) is 6.54. The first-order chi connectivity index (χ1) is 23.0. The molecule has 1 saturated heterocycles. The van der Waals surface area contributed by atoms with Crippen LogP contribution in [0.1, 0.15) is 42.9 Å². The van der Waals surface area contributed by atoms with E-state index < -0.39 is 0 Å². The highest BCUT2D eigenvalue weighted by Gasteiger charge is 2.22. The van der Waals surface area contributed by atoms with Crippen LogP contribution < -0.4 is 19.7 Å². The molecule has 0 spiro atoms. The maximum absolute atomic E-state index is 13.8. The number of para-hydroxylation sites is 1. The summed E-state index contributed by atoms with van der Waals surface area (Å²) < 4.78 is 17.0. The van der Waals surface area contributed by atoms with Crippen LogP contribution >= 0.6 is 0 Å². The lowest BCUT2D eigenvalue weighted by Crippen LogP contribution is -2.36. The second kappa shape index (κ2) is 15.3. The molecule has 4 aromatic rings. The maximum atomic E-state index is 13.8. The summed E-state index contributed by atoms with van der Waals surface area (Å²) in [5, 5.41) is 3.17. The third kappa shape index (κ3) is 8.05. The van der Waals surface area contributed by atoms with Crippen LogP contribution in [0.15, 0.2) is 96.6 Å². The minimum Gasteiger partial charge on any atom is -0.497 e. The number of methoxy groups -OCH3 is 1. The SMILES string of the molecule is CCOc1ccccc1-c1ccc2c(c1)C=C(C(=O)Nc1ccc(CN(C)C3CCOCC3)cc1)CCN2Cc1cccc(OC)c1. The largest absolute Gasteiger partial charge is 0.497 e. The molecule has 0 aliphatic carbocycles. The Bertz CT molecular complexity index is 1690. The molecule has 4 aromatic carbocycles. The molecule has 2 aliphatic heterocycles. The van der Waals surface area contributed by atoms with Gasteiger partial charge < -0.3 is 24.4 Å². The zero-order valence-corrected chi connectivity index (χ0v) is 27.7. The van der Waals surface area contributed by atoms with E-state index in [0.29, 0.717) is 32.2 Å². The fraction of sp³-hybridized carbons (Fsp3) is 0.325. The first-order valence-electron chi connectivity index (χ1n) is 16.6. The Labute approximate surface area is 278 Å². The van der Waals surface area contributed by atoms with Crippen LogP contribution in [-0.4, -0.2) is 57.4 Å². The van der Waals surface area contributed by atoms with Gasteiger partial charge in [-0.2, -0.15) is 0 Å². The van der Waals surface area contributed by atoms with Crippen molar-refractivity contribution in [1.29, 1.82) is 0 Å².